The number of hydrogen-bond acceptors (Lipinski definition) is 4. The van der Waals surface area contributed by atoms with Crippen LogP contribution < -0.4 is 10.2 Å². The van der Waals surface area contributed by atoms with Gasteiger partial charge in [0.1, 0.15) is 0 Å². The number of sulfonamides is 1. The summed E-state index contributed by atoms with van der Waals surface area (Å²) in [4.78, 5) is 13.8. The van der Waals surface area contributed by atoms with Crippen LogP contribution in [0.4, 0.5) is 5.69 Å². The van der Waals surface area contributed by atoms with E-state index >= 15 is 0 Å². The van der Waals surface area contributed by atoms with Gasteiger partial charge in [-0.05, 0) is 42.9 Å². The molecule has 0 aliphatic heterocycles. The Kier molecular flexibility index (Phi) is 3.57. The van der Waals surface area contributed by atoms with Crippen molar-refractivity contribution in [1.29, 1.82) is 0 Å². The molecule has 3 rings (SSSR count). The molecule has 0 bridgehead atoms. The van der Waals surface area contributed by atoms with Crippen molar-refractivity contribution >= 4 is 37.1 Å². The van der Waals surface area contributed by atoms with Crippen molar-refractivity contribution in [3.8, 4) is 0 Å². The van der Waals surface area contributed by atoms with Crippen LogP contribution in [0.15, 0.2) is 23.0 Å². The molecule has 0 amide bonds. The van der Waals surface area contributed by atoms with E-state index in [9.17, 15) is 13.2 Å². The summed E-state index contributed by atoms with van der Waals surface area (Å²) in [5.74, 6) is 0. The molecule has 22 heavy (non-hydrogen) atoms. The van der Waals surface area contributed by atoms with Gasteiger partial charge in [0.15, 0.2) is 5.43 Å². The van der Waals surface area contributed by atoms with E-state index in [1.807, 2.05) is 0 Å². The molecule has 4 nitrogen and oxygen atoms in total. The maximum Gasteiger partial charge on any atom is 0.229 e. The molecule has 0 unspecified atom stereocenters. The Balaban J connectivity index is 2.16. The zero-order valence-electron chi connectivity index (χ0n) is 12.9. The average Bonchev–Trinajstić information content (AvgIpc) is 2.35. The van der Waals surface area contributed by atoms with E-state index in [4.69, 9.17) is 0 Å². The van der Waals surface area contributed by atoms with Crippen molar-refractivity contribution < 1.29 is 8.42 Å². The van der Waals surface area contributed by atoms with Crippen LogP contribution in [-0.4, -0.2) is 14.7 Å². The lowest BCUT2D eigenvalue weighted by molar-refractivity contribution is 0.318. The van der Waals surface area contributed by atoms with E-state index < -0.39 is 10.0 Å². The molecule has 0 fully saturated rings. The molecule has 1 aliphatic carbocycles. The van der Waals surface area contributed by atoms with E-state index in [-0.39, 0.29) is 10.8 Å². The normalized spacial score (nSPS) is 17.2. The van der Waals surface area contributed by atoms with Crippen LogP contribution in [0.25, 0.3) is 10.1 Å². The van der Waals surface area contributed by atoms with E-state index in [2.05, 4.69) is 18.6 Å². The van der Waals surface area contributed by atoms with Crippen molar-refractivity contribution in [1.82, 2.24) is 0 Å². The molecule has 1 heterocycles. The third kappa shape index (κ3) is 3.03. The van der Waals surface area contributed by atoms with Crippen molar-refractivity contribution in [3.05, 3.63) is 38.9 Å². The minimum atomic E-state index is -3.32. The first kappa shape index (κ1) is 15.5. The molecular weight excluding hydrogens is 318 g/mol. The topological polar surface area (TPSA) is 63.2 Å². The standard InChI is InChI=1S/C16H19NO3S2/c1-16(2)7-6-12-14(9-16)21-13-8-10(17-22(3,19)20)4-5-11(13)15(12)18/h4-5,8,17H,6-7,9H2,1-3H3. The lowest BCUT2D eigenvalue weighted by Crippen LogP contribution is -2.26. The first-order valence-electron chi connectivity index (χ1n) is 7.21. The largest absolute Gasteiger partial charge is 0.289 e. The summed E-state index contributed by atoms with van der Waals surface area (Å²) in [6.07, 6.45) is 3.88. The zero-order valence-corrected chi connectivity index (χ0v) is 14.5. The first-order valence-corrected chi connectivity index (χ1v) is 9.92. The van der Waals surface area contributed by atoms with E-state index in [0.29, 0.717) is 11.1 Å². The molecule has 1 aromatic carbocycles. The van der Waals surface area contributed by atoms with Gasteiger partial charge >= 0.3 is 0 Å². The van der Waals surface area contributed by atoms with Gasteiger partial charge in [0, 0.05) is 26.2 Å². The Morgan fingerprint density at radius 3 is 2.68 bits per heavy atom. The van der Waals surface area contributed by atoms with Gasteiger partial charge in [-0.1, -0.05) is 13.8 Å². The molecular formula is C16H19NO3S2. The van der Waals surface area contributed by atoms with Crippen LogP contribution in [-0.2, 0) is 22.9 Å². The summed E-state index contributed by atoms with van der Waals surface area (Å²) >= 11 is 1.61. The third-order valence-corrected chi connectivity index (χ3v) is 5.87. The van der Waals surface area contributed by atoms with Crippen LogP contribution in [0, 0.1) is 5.41 Å². The van der Waals surface area contributed by atoms with Crippen LogP contribution in [0.3, 0.4) is 0 Å². The highest BCUT2D eigenvalue weighted by Gasteiger charge is 2.28. The average molecular weight is 337 g/mol. The van der Waals surface area contributed by atoms with Gasteiger partial charge in [0.25, 0.3) is 0 Å². The highest BCUT2D eigenvalue weighted by molar-refractivity contribution is 7.92. The Labute approximate surface area is 134 Å². The predicted octanol–water partition coefficient (Wildman–Crippen LogP) is 3.15. The smallest absolute Gasteiger partial charge is 0.229 e. The summed E-state index contributed by atoms with van der Waals surface area (Å²) in [6.45, 7) is 4.44. The number of benzene rings is 1. The fourth-order valence-electron chi connectivity index (χ4n) is 2.94. The lowest BCUT2D eigenvalue weighted by atomic mass is 9.77. The summed E-state index contributed by atoms with van der Waals surface area (Å²) in [7, 11) is -3.32. The first-order chi connectivity index (χ1) is 10.1. The monoisotopic (exact) mass is 337 g/mol. The van der Waals surface area contributed by atoms with Gasteiger partial charge in [0.2, 0.25) is 10.0 Å². The van der Waals surface area contributed by atoms with Crippen molar-refractivity contribution in [2.45, 2.75) is 33.1 Å². The zero-order chi connectivity index (χ0) is 16.1. The number of rotatable bonds is 2. The Hall–Kier alpha value is -1.40. The molecule has 0 saturated carbocycles. The molecule has 0 radical (unpaired) electrons. The second kappa shape index (κ2) is 5.06. The van der Waals surface area contributed by atoms with Gasteiger partial charge in [-0.15, -0.1) is 11.3 Å². The number of anilines is 1. The van der Waals surface area contributed by atoms with Crippen molar-refractivity contribution in [2.75, 3.05) is 11.0 Å². The highest BCUT2D eigenvalue weighted by Crippen LogP contribution is 2.37. The fourth-order valence-corrected chi connectivity index (χ4v) is 5.00. The third-order valence-electron chi connectivity index (χ3n) is 4.06. The van der Waals surface area contributed by atoms with E-state index in [1.54, 1.807) is 29.5 Å². The number of hydrogen-bond donors (Lipinski definition) is 1. The van der Waals surface area contributed by atoms with Gasteiger partial charge in [0.05, 0.1) is 6.26 Å². The fraction of sp³-hybridized carbons (Fsp3) is 0.438. The van der Waals surface area contributed by atoms with Gasteiger partial charge in [-0.2, -0.15) is 0 Å². The minimum Gasteiger partial charge on any atom is -0.289 e. The Morgan fingerprint density at radius 1 is 1.27 bits per heavy atom. The molecule has 1 aromatic heterocycles. The van der Waals surface area contributed by atoms with Gasteiger partial charge in [-0.3, -0.25) is 9.52 Å². The lowest BCUT2D eigenvalue weighted by Gasteiger charge is -2.30. The van der Waals surface area contributed by atoms with Crippen LogP contribution in [0.1, 0.15) is 30.7 Å². The summed E-state index contributed by atoms with van der Waals surface area (Å²) in [6, 6.07) is 5.13. The predicted molar refractivity (Wildman–Crippen MR) is 92.4 cm³/mol. The van der Waals surface area contributed by atoms with Crippen molar-refractivity contribution in [3.63, 3.8) is 0 Å². The summed E-state index contributed by atoms with van der Waals surface area (Å²) < 4.78 is 26.0. The molecule has 0 spiro atoms. The molecule has 0 atom stereocenters. The number of nitrogens with one attached hydrogen (secondary N) is 1. The molecule has 118 valence electrons. The summed E-state index contributed by atoms with van der Waals surface area (Å²) in [5, 5.41) is 0.683. The second-order valence-electron chi connectivity index (χ2n) is 6.76. The van der Waals surface area contributed by atoms with Gasteiger partial charge < -0.3 is 0 Å². The Morgan fingerprint density at radius 2 is 2.00 bits per heavy atom. The van der Waals surface area contributed by atoms with Gasteiger partial charge in [-0.25, -0.2) is 8.42 Å². The van der Waals surface area contributed by atoms with E-state index in [1.165, 1.54) is 0 Å². The Bertz CT molecular complexity index is 911. The molecule has 2 aromatic rings. The minimum absolute atomic E-state index is 0.102. The maximum absolute atomic E-state index is 12.6. The maximum atomic E-state index is 12.6. The highest BCUT2D eigenvalue weighted by atomic mass is 32.2. The SMILES string of the molecule is CC1(C)CCc2c(sc3cc(NS(C)(=O)=O)ccc3c2=O)C1. The molecule has 1 aliphatic rings. The quantitative estimate of drug-likeness (QED) is 0.915. The van der Waals surface area contributed by atoms with Crippen LogP contribution >= 0.6 is 11.3 Å². The molecule has 6 heteroatoms. The van der Waals surface area contributed by atoms with E-state index in [0.717, 1.165) is 40.7 Å². The second-order valence-corrected chi connectivity index (χ2v) is 9.64. The summed E-state index contributed by atoms with van der Waals surface area (Å²) in [5.41, 5.74) is 1.76. The molecule has 0 saturated heterocycles. The van der Waals surface area contributed by atoms with Crippen LogP contribution in [0.2, 0.25) is 0 Å². The van der Waals surface area contributed by atoms with Crippen molar-refractivity contribution in [2.24, 2.45) is 5.41 Å². The molecule has 1 N–H and O–H groups in total. The number of fused-ring (bicyclic) bond motifs is 2. The van der Waals surface area contributed by atoms with Crippen LogP contribution in [0.5, 0.6) is 0 Å².